The van der Waals surface area contributed by atoms with Crippen molar-refractivity contribution < 1.29 is 32.8 Å². The van der Waals surface area contributed by atoms with Crippen LogP contribution in [0, 0.1) is 0 Å². The highest BCUT2D eigenvalue weighted by Crippen LogP contribution is 2.35. The van der Waals surface area contributed by atoms with Crippen LogP contribution in [0.4, 0.5) is 0 Å². The largest absolute Gasteiger partial charge is 0.319 e. The molecule has 178 valence electrons. The number of carbonyl (C=O) groups is 4. The molecule has 0 radical (unpaired) electrons. The maximum Gasteiger partial charge on any atom is 0.319 e. The Kier molecular flexibility index (Phi) is 6.06. The van der Waals surface area contributed by atoms with Crippen molar-refractivity contribution in [2.45, 2.75) is 38.8 Å². The van der Waals surface area contributed by atoms with Gasteiger partial charge < -0.3 is 9.05 Å². The standard InChI is InChI=1S/C24H25N2O7P/c1-23(2,25-19(27)15-9-5-6-10-16(15)20(25)28)13-32-34(31)33-14-24(3,4)26-21(29)17-11-7-8-12-18(17)22(26)30/h5-12,34H,13-14H2,1-4H3. The van der Waals surface area contributed by atoms with Crippen LogP contribution in [0.5, 0.6) is 0 Å². The molecule has 0 aliphatic carbocycles. The van der Waals surface area contributed by atoms with Crippen molar-refractivity contribution in [3.8, 4) is 0 Å². The molecule has 0 atom stereocenters. The van der Waals surface area contributed by atoms with Crippen LogP contribution < -0.4 is 0 Å². The second-order valence-electron chi connectivity index (χ2n) is 9.43. The predicted molar refractivity (Wildman–Crippen MR) is 123 cm³/mol. The number of benzene rings is 2. The number of imide groups is 2. The van der Waals surface area contributed by atoms with E-state index in [0.29, 0.717) is 22.3 Å². The Morgan fingerprint density at radius 3 is 1.15 bits per heavy atom. The first-order valence-electron chi connectivity index (χ1n) is 10.7. The van der Waals surface area contributed by atoms with Crippen molar-refractivity contribution >= 4 is 31.9 Å². The van der Waals surface area contributed by atoms with E-state index in [2.05, 4.69) is 0 Å². The molecular weight excluding hydrogens is 459 g/mol. The molecule has 10 heteroatoms. The number of rotatable bonds is 8. The molecule has 0 fully saturated rings. The first-order valence-corrected chi connectivity index (χ1v) is 11.9. The minimum atomic E-state index is -3.06. The van der Waals surface area contributed by atoms with Crippen LogP contribution in [0.3, 0.4) is 0 Å². The van der Waals surface area contributed by atoms with Gasteiger partial charge in [0.2, 0.25) is 0 Å². The van der Waals surface area contributed by atoms with E-state index >= 15 is 0 Å². The van der Waals surface area contributed by atoms with Crippen molar-refractivity contribution in [2.75, 3.05) is 13.2 Å². The molecular formula is C24H25N2O7P. The molecule has 0 saturated heterocycles. The molecule has 0 saturated carbocycles. The summed E-state index contributed by atoms with van der Waals surface area (Å²) in [6, 6.07) is 13.1. The van der Waals surface area contributed by atoms with Gasteiger partial charge in [0.15, 0.2) is 0 Å². The Labute approximate surface area is 197 Å². The molecule has 0 N–H and O–H groups in total. The summed E-state index contributed by atoms with van der Waals surface area (Å²) in [5.41, 5.74) is -0.928. The molecule has 2 aliphatic rings. The predicted octanol–water partition coefficient (Wildman–Crippen LogP) is 3.56. The van der Waals surface area contributed by atoms with E-state index in [1.807, 2.05) is 0 Å². The molecule has 0 spiro atoms. The molecule has 9 nitrogen and oxygen atoms in total. The third-order valence-corrected chi connectivity index (χ3v) is 6.65. The van der Waals surface area contributed by atoms with Gasteiger partial charge in [0.1, 0.15) is 0 Å². The van der Waals surface area contributed by atoms with E-state index in [4.69, 9.17) is 9.05 Å². The molecule has 2 aromatic rings. The first-order chi connectivity index (χ1) is 16.0. The van der Waals surface area contributed by atoms with Crippen LogP contribution in [0.25, 0.3) is 0 Å². The molecule has 4 amide bonds. The van der Waals surface area contributed by atoms with Gasteiger partial charge in [-0.3, -0.25) is 33.5 Å². The zero-order chi connectivity index (χ0) is 24.8. The zero-order valence-electron chi connectivity index (χ0n) is 19.3. The van der Waals surface area contributed by atoms with Gasteiger partial charge in [0.05, 0.1) is 46.5 Å². The minimum absolute atomic E-state index is 0.219. The van der Waals surface area contributed by atoms with E-state index in [1.165, 1.54) is 0 Å². The van der Waals surface area contributed by atoms with E-state index in [1.54, 1.807) is 76.2 Å². The van der Waals surface area contributed by atoms with Gasteiger partial charge in [-0.15, -0.1) is 0 Å². The highest BCUT2D eigenvalue weighted by atomic mass is 31.1. The number of carbonyl (C=O) groups excluding carboxylic acids is 4. The summed E-state index contributed by atoms with van der Waals surface area (Å²) in [6.07, 6.45) is 0. The first kappa shape index (κ1) is 24.0. The Hall–Kier alpha value is -3.13. The number of amides is 4. The zero-order valence-corrected chi connectivity index (χ0v) is 20.3. The summed E-state index contributed by atoms with van der Waals surface area (Å²) in [4.78, 5) is 53.1. The Morgan fingerprint density at radius 2 is 0.882 bits per heavy atom. The van der Waals surface area contributed by atoms with Crippen molar-refractivity contribution in [1.29, 1.82) is 0 Å². The summed E-state index contributed by atoms with van der Waals surface area (Å²) in [5, 5.41) is 0. The second-order valence-corrected chi connectivity index (χ2v) is 10.5. The van der Waals surface area contributed by atoms with Crippen molar-refractivity contribution in [1.82, 2.24) is 9.80 Å². The molecule has 2 heterocycles. The maximum absolute atomic E-state index is 12.7. The summed E-state index contributed by atoms with van der Waals surface area (Å²) >= 11 is 0. The van der Waals surface area contributed by atoms with Crippen LogP contribution in [0.1, 0.15) is 69.1 Å². The summed E-state index contributed by atoms with van der Waals surface area (Å²) in [5.74, 6) is -1.77. The smallest absolute Gasteiger partial charge is 0.308 e. The van der Waals surface area contributed by atoms with E-state index in [0.717, 1.165) is 9.80 Å². The van der Waals surface area contributed by atoms with Crippen molar-refractivity contribution in [3.05, 3.63) is 70.8 Å². The lowest BCUT2D eigenvalue weighted by Gasteiger charge is -2.34. The van der Waals surface area contributed by atoms with E-state index in [9.17, 15) is 23.7 Å². The fourth-order valence-electron chi connectivity index (χ4n) is 4.12. The highest BCUT2D eigenvalue weighted by Gasteiger charge is 2.46. The van der Waals surface area contributed by atoms with Gasteiger partial charge in [-0.25, -0.2) is 0 Å². The summed E-state index contributed by atoms with van der Waals surface area (Å²) in [7, 11) is -3.06. The SMILES string of the molecule is CC(C)(CO[PH](=O)OCC(C)(C)N1C(=O)c2ccccc2C1=O)N1C(=O)c2ccccc2C1=O. The lowest BCUT2D eigenvalue weighted by molar-refractivity contribution is 0.0321. The van der Waals surface area contributed by atoms with Crippen LogP contribution in [-0.4, -0.2) is 57.7 Å². The summed E-state index contributed by atoms with van der Waals surface area (Å²) < 4.78 is 23.2. The topological polar surface area (TPSA) is 110 Å². The minimum Gasteiger partial charge on any atom is -0.308 e. The second kappa shape index (κ2) is 8.58. The molecule has 2 aromatic carbocycles. The monoisotopic (exact) mass is 484 g/mol. The molecule has 34 heavy (non-hydrogen) atoms. The molecule has 0 bridgehead atoms. The van der Waals surface area contributed by atoms with Crippen molar-refractivity contribution in [2.24, 2.45) is 0 Å². The van der Waals surface area contributed by atoms with Crippen molar-refractivity contribution in [3.63, 3.8) is 0 Å². The highest BCUT2D eigenvalue weighted by molar-refractivity contribution is 7.33. The lowest BCUT2D eigenvalue weighted by Crippen LogP contribution is -2.50. The number of hydrogen-bond donors (Lipinski definition) is 0. The van der Waals surface area contributed by atoms with Gasteiger partial charge in [0.25, 0.3) is 23.6 Å². The van der Waals surface area contributed by atoms with E-state index in [-0.39, 0.29) is 13.2 Å². The van der Waals surface area contributed by atoms with Gasteiger partial charge in [0, 0.05) is 0 Å². The fourth-order valence-corrected chi connectivity index (χ4v) is 5.15. The molecule has 2 aliphatic heterocycles. The fraction of sp³-hybridized carbons (Fsp3) is 0.333. The van der Waals surface area contributed by atoms with Gasteiger partial charge >= 0.3 is 8.25 Å². The van der Waals surface area contributed by atoms with Gasteiger partial charge in [-0.05, 0) is 52.0 Å². The Balaban J connectivity index is 1.36. The van der Waals surface area contributed by atoms with Gasteiger partial charge in [-0.1, -0.05) is 24.3 Å². The molecule has 4 rings (SSSR count). The Morgan fingerprint density at radius 1 is 0.618 bits per heavy atom. The maximum atomic E-state index is 12.7. The number of fused-ring (bicyclic) bond motifs is 2. The van der Waals surface area contributed by atoms with Crippen LogP contribution in [-0.2, 0) is 13.6 Å². The lowest BCUT2D eigenvalue weighted by atomic mass is 10.0. The average Bonchev–Trinajstić information content (AvgIpc) is 3.22. The van der Waals surface area contributed by atoms with Crippen LogP contribution in [0.15, 0.2) is 48.5 Å². The normalized spacial score (nSPS) is 16.0. The van der Waals surface area contributed by atoms with Gasteiger partial charge in [-0.2, -0.15) is 0 Å². The quantitative estimate of drug-likeness (QED) is 0.416. The number of hydrogen-bond acceptors (Lipinski definition) is 7. The van der Waals surface area contributed by atoms with Crippen LogP contribution >= 0.6 is 8.25 Å². The number of nitrogens with zero attached hydrogens (tertiary/aromatic N) is 2. The average molecular weight is 484 g/mol. The molecule has 0 aromatic heterocycles. The van der Waals surface area contributed by atoms with E-state index < -0.39 is 43.0 Å². The third kappa shape index (κ3) is 4.00. The Bertz CT molecular complexity index is 1070. The van der Waals surface area contributed by atoms with Crippen LogP contribution in [0.2, 0.25) is 0 Å². The third-order valence-electron chi connectivity index (χ3n) is 5.89. The summed E-state index contributed by atoms with van der Waals surface area (Å²) in [6.45, 7) is 6.09. The molecule has 0 unspecified atom stereocenters.